The van der Waals surface area contributed by atoms with Crippen molar-refractivity contribution in [1.29, 1.82) is 0 Å². The molecule has 0 aliphatic carbocycles. The van der Waals surface area contributed by atoms with Gasteiger partial charge >= 0.3 is 0 Å². The van der Waals surface area contributed by atoms with Crippen molar-refractivity contribution in [2.45, 2.75) is 6.54 Å². The molecular weight excluding hydrogens is 311 g/mol. The molecule has 6 nitrogen and oxygen atoms in total. The average Bonchev–Trinajstić information content (AvgIpc) is 2.59. The van der Waals surface area contributed by atoms with Crippen LogP contribution in [0.25, 0.3) is 10.9 Å². The normalized spacial score (nSPS) is 11.0. The van der Waals surface area contributed by atoms with Gasteiger partial charge in [0.25, 0.3) is 11.5 Å². The lowest BCUT2D eigenvalue weighted by Crippen LogP contribution is -2.30. The SMILES string of the molecule is O=C(Cn1cnc2ccccc2c1=O)NN=Cc1ccc(F)cc1. The van der Waals surface area contributed by atoms with Crippen molar-refractivity contribution in [2.75, 3.05) is 0 Å². The highest BCUT2D eigenvalue weighted by molar-refractivity contribution is 5.82. The third-order valence-corrected chi connectivity index (χ3v) is 3.32. The molecule has 7 heteroatoms. The quantitative estimate of drug-likeness (QED) is 0.586. The Kier molecular flexibility index (Phi) is 4.42. The standard InChI is InChI=1S/C17H13FN4O2/c18-13-7-5-12(6-8-13)9-20-21-16(23)10-22-11-19-15-4-2-1-3-14(15)17(22)24/h1-9,11H,10H2,(H,21,23). The van der Waals surface area contributed by atoms with Crippen LogP contribution in [0.4, 0.5) is 4.39 Å². The van der Waals surface area contributed by atoms with E-state index in [0.29, 0.717) is 16.5 Å². The van der Waals surface area contributed by atoms with Crippen LogP contribution in [0.15, 0.2) is 64.8 Å². The van der Waals surface area contributed by atoms with Crippen LogP contribution in [0.1, 0.15) is 5.56 Å². The maximum Gasteiger partial charge on any atom is 0.261 e. The molecule has 1 N–H and O–H groups in total. The summed E-state index contributed by atoms with van der Waals surface area (Å²) >= 11 is 0. The van der Waals surface area contributed by atoms with Crippen molar-refractivity contribution in [3.05, 3.63) is 76.6 Å². The van der Waals surface area contributed by atoms with Gasteiger partial charge in [-0.1, -0.05) is 24.3 Å². The smallest absolute Gasteiger partial charge is 0.261 e. The number of benzene rings is 2. The van der Waals surface area contributed by atoms with Gasteiger partial charge in [0.2, 0.25) is 0 Å². The minimum atomic E-state index is -0.465. The minimum absolute atomic E-state index is 0.197. The van der Waals surface area contributed by atoms with Gasteiger partial charge in [0, 0.05) is 0 Å². The Morgan fingerprint density at radius 2 is 1.96 bits per heavy atom. The molecule has 0 aliphatic heterocycles. The second-order valence-electron chi connectivity index (χ2n) is 5.04. The predicted octanol–water partition coefficient (Wildman–Crippen LogP) is 1.69. The van der Waals surface area contributed by atoms with Gasteiger partial charge in [0.1, 0.15) is 12.4 Å². The van der Waals surface area contributed by atoms with Crippen molar-refractivity contribution in [3.8, 4) is 0 Å². The van der Waals surface area contributed by atoms with E-state index in [1.165, 1.54) is 41.4 Å². The number of carbonyl (C=O) groups excluding carboxylic acids is 1. The molecule has 2 aromatic carbocycles. The molecule has 0 aliphatic rings. The van der Waals surface area contributed by atoms with E-state index in [1.807, 2.05) is 0 Å². The number of rotatable bonds is 4. The van der Waals surface area contributed by atoms with Gasteiger partial charge in [-0.15, -0.1) is 0 Å². The largest absolute Gasteiger partial charge is 0.289 e. The monoisotopic (exact) mass is 324 g/mol. The molecule has 1 aromatic heterocycles. The van der Waals surface area contributed by atoms with E-state index in [-0.39, 0.29) is 17.9 Å². The first-order chi connectivity index (χ1) is 11.6. The van der Waals surface area contributed by atoms with E-state index in [4.69, 9.17) is 0 Å². The Balaban J connectivity index is 1.68. The molecule has 3 rings (SSSR count). The molecule has 0 radical (unpaired) electrons. The third kappa shape index (κ3) is 3.52. The lowest BCUT2D eigenvalue weighted by molar-refractivity contribution is -0.121. The molecule has 0 fully saturated rings. The summed E-state index contributed by atoms with van der Waals surface area (Å²) in [7, 11) is 0. The van der Waals surface area contributed by atoms with Gasteiger partial charge in [-0.3, -0.25) is 14.2 Å². The lowest BCUT2D eigenvalue weighted by atomic mass is 10.2. The van der Waals surface area contributed by atoms with E-state index in [2.05, 4.69) is 15.5 Å². The van der Waals surface area contributed by atoms with Crippen LogP contribution in [0.5, 0.6) is 0 Å². The first-order valence-electron chi connectivity index (χ1n) is 7.15. The number of aromatic nitrogens is 2. The van der Waals surface area contributed by atoms with Gasteiger partial charge in [0.15, 0.2) is 0 Å². The van der Waals surface area contributed by atoms with Crippen LogP contribution in [0.3, 0.4) is 0 Å². The van der Waals surface area contributed by atoms with E-state index < -0.39 is 5.91 Å². The highest BCUT2D eigenvalue weighted by Gasteiger charge is 2.07. The van der Waals surface area contributed by atoms with Crippen LogP contribution in [-0.2, 0) is 11.3 Å². The molecule has 1 heterocycles. The second kappa shape index (κ2) is 6.82. The zero-order chi connectivity index (χ0) is 16.9. The Hall–Kier alpha value is -3.35. The molecule has 0 bridgehead atoms. The summed E-state index contributed by atoms with van der Waals surface area (Å²) in [6, 6.07) is 12.6. The zero-order valence-electron chi connectivity index (χ0n) is 12.5. The van der Waals surface area contributed by atoms with Crippen molar-refractivity contribution in [3.63, 3.8) is 0 Å². The molecule has 0 unspecified atom stereocenters. The maximum absolute atomic E-state index is 12.8. The number of hydrogen-bond donors (Lipinski definition) is 1. The van der Waals surface area contributed by atoms with Crippen LogP contribution in [0.2, 0.25) is 0 Å². The number of carbonyl (C=O) groups is 1. The summed E-state index contributed by atoms with van der Waals surface area (Å²) in [5.41, 5.74) is 3.24. The highest BCUT2D eigenvalue weighted by Crippen LogP contribution is 2.04. The molecular formula is C17H13FN4O2. The zero-order valence-corrected chi connectivity index (χ0v) is 12.5. The number of para-hydroxylation sites is 1. The fourth-order valence-electron chi connectivity index (χ4n) is 2.14. The molecule has 120 valence electrons. The van der Waals surface area contributed by atoms with Crippen molar-refractivity contribution in [1.82, 2.24) is 15.0 Å². The van der Waals surface area contributed by atoms with Crippen molar-refractivity contribution < 1.29 is 9.18 Å². The van der Waals surface area contributed by atoms with Gasteiger partial charge in [0.05, 0.1) is 23.4 Å². The average molecular weight is 324 g/mol. The number of hydrazone groups is 1. The summed E-state index contributed by atoms with van der Waals surface area (Å²) < 4.78 is 14.0. The Labute approximate surface area is 136 Å². The summed E-state index contributed by atoms with van der Waals surface area (Å²) in [5, 5.41) is 4.22. The van der Waals surface area contributed by atoms with Crippen molar-refractivity contribution in [2.24, 2.45) is 5.10 Å². The molecule has 24 heavy (non-hydrogen) atoms. The van der Waals surface area contributed by atoms with Gasteiger partial charge < -0.3 is 0 Å². The summed E-state index contributed by atoms with van der Waals surface area (Å²) in [6.45, 7) is -0.197. The van der Waals surface area contributed by atoms with Gasteiger partial charge in [-0.05, 0) is 29.8 Å². The van der Waals surface area contributed by atoms with Gasteiger partial charge in [-0.2, -0.15) is 5.10 Å². The number of nitrogens with one attached hydrogen (secondary N) is 1. The predicted molar refractivity (Wildman–Crippen MR) is 88.1 cm³/mol. The van der Waals surface area contributed by atoms with E-state index in [1.54, 1.807) is 24.3 Å². The van der Waals surface area contributed by atoms with Crippen LogP contribution in [0, 0.1) is 5.82 Å². The molecule has 3 aromatic rings. The second-order valence-corrected chi connectivity index (χ2v) is 5.04. The van der Waals surface area contributed by atoms with E-state index in [9.17, 15) is 14.0 Å². The van der Waals surface area contributed by atoms with E-state index in [0.717, 1.165) is 0 Å². The van der Waals surface area contributed by atoms with E-state index >= 15 is 0 Å². The van der Waals surface area contributed by atoms with Gasteiger partial charge in [-0.25, -0.2) is 14.8 Å². The lowest BCUT2D eigenvalue weighted by Gasteiger charge is -2.05. The van der Waals surface area contributed by atoms with Crippen molar-refractivity contribution >= 4 is 23.0 Å². The number of fused-ring (bicyclic) bond motifs is 1. The Bertz CT molecular complexity index is 964. The molecule has 0 saturated carbocycles. The molecule has 0 saturated heterocycles. The fraction of sp³-hybridized carbons (Fsp3) is 0.0588. The molecule has 1 amide bonds. The summed E-state index contributed by atoms with van der Waals surface area (Å²) in [4.78, 5) is 28.3. The topological polar surface area (TPSA) is 76.3 Å². The molecule has 0 atom stereocenters. The Morgan fingerprint density at radius 3 is 2.75 bits per heavy atom. The molecule has 0 spiro atoms. The number of hydrogen-bond acceptors (Lipinski definition) is 4. The number of amides is 1. The van der Waals surface area contributed by atoms with Crippen LogP contribution in [-0.4, -0.2) is 21.7 Å². The first kappa shape index (κ1) is 15.5. The first-order valence-corrected chi connectivity index (χ1v) is 7.15. The number of halogens is 1. The summed E-state index contributed by atoms with van der Waals surface area (Å²) in [6.07, 6.45) is 2.71. The van der Waals surface area contributed by atoms with Crippen LogP contribution < -0.4 is 11.0 Å². The Morgan fingerprint density at radius 1 is 1.21 bits per heavy atom. The third-order valence-electron chi connectivity index (χ3n) is 3.32. The van der Waals surface area contributed by atoms with Crippen LogP contribution >= 0.6 is 0 Å². The highest BCUT2D eigenvalue weighted by atomic mass is 19.1. The minimum Gasteiger partial charge on any atom is -0.289 e. The summed E-state index contributed by atoms with van der Waals surface area (Å²) in [5.74, 6) is -0.813. The fourth-order valence-corrected chi connectivity index (χ4v) is 2.14. The number of nitrogens with zero attached hydrogens (tertiary/aromatic N) is 3. The maximum atomic E-state index is 12.8.